The molecule has 1 aromatic rings. The molecule has 0 spiro atoms. The van der Waals surface area contributed by atoms with E-state index in [1.165, 1.54) is 0 Å². The molecule has 1 radical (unpaired) electrons. The van der Waals surface area contributed by atoms with Crippen LogP contribution in [0.1, 0.15) is 6.92 Å². The van der Waals surface area contributed by atoms with Crippen LogP contribution < -0.4 is 4.74 Å². The summed E-state index contributed by atoms with van der Waals surface area (Å²) >= 11 is 0. The minimum Gasteiger partial charge on any atom is -0.407 e. The average molecular weight is 131 g/mol. The quantitative estimate of drug-likeness (QED) is 0.528. The minimum absolute atomic E-state index is 0.664. The summed E-state index contributed by atoms with van der Waals surface area (Å²) in [5.74, 6) is 3.29. The minimum atomic E-state index is 0.664. The molecule has 10 heavy (non-hydrogen) atoms. The Morgan fingerprint density at radius 2 is 2.40 bits per heavy atom. The second-order valence-corrected chi connectivity index (χ2v) is 1.68. The lowest BCUT2D eigenvalue weighted by Gasteiger charge is -1.91. The van der Waals surface area contributed by atoms with Crippen molar-refractivity contribution in [3.05, 3.63) is 30.3 Å². The highest BCUT2D eigenvalue weighted by Gasteiger charge is 1.84. The molecule has 0 atom stereocenters. The first-order valence-corrected chi connectivity index (χ1v) is 2.99. The number of rotatable bonds is 1. The molecule has 0 heterocycles. The van der Waals surface area contributed by atoms with Gasteiger partial charge in [0.05, 0.1) is 0 Å². The summed E-state index contributed by atoms with van der Waals surface area (Å²) in [4.78, 5) is 0. The maximum absolute atomic E-state index is 4.94. The Balaban J connectivity index is 2.64. The van der Waals surface area contributed by atoms with Gasteiger partial charge in [0.25, 0.3) is 0 Å². The molecule has 0 aliphatic carbocycles. The predicted molar refractivity (Wildman–Crippen MR) is 39.4 cm³/mol. The average Bonchev–Trinajstić information content (AvgIpc) is 2.03. The van der Waals surface area contributed by atoms with Crippen molar-refractivity contribution >= 4 is 0 Å². The summed E-state index contributed by atoms with van der Waals surface area (Å²) in [5.41, 5.74) is 0. The zero-order chi connectivity index (χ0) is 7.23. The van der Waals surface area contributed by atoms with E-state index in [-0.39, 0.29) is 0 Å². The predicted octanol–water partition coefficient (Wildman–Crippen LogP) is 1.85. The van der Waals surface area contributed by atoms with Gasteiger partial charge in [-0.15, -0.1) is 0 Å². The van der Waals surface area contributed by atoms with Crippen molar-refractivity contribution in [1.29, 1.82) is 0 Å². The molecule has 1 aromatic carbocycles. The second kappa shape index (κ2) is 3.58. The fraction of sp³-hybridized carbons (Fsp3) is 0.111. The van der Waals surface area contributed by atoms with Gasteiger partial charge in [-0.05, 0) is 6.07 Å². The molecule has 0 saturated carbocycles. The van der Waals surface area contributed by atoms with E-state index in [1.54, 1.807) is 13.0 Å². The van der Waals surface area contributed by atoms with Crippen LogP contribution in [0.25, 0.3) is 0 Å². The molecule has 0 saturated heterocycles. The van der Waals surface area contributed by atoms with Gasteiger partial charge in [-0.25, -0.2) is 0 Å². The Morgan fingerprint density at radius 3 is 3.00 bits per heavy atom. The zero-order valence-corrected chi connectivity index (χ0v) is 5.72. The van der Waals surface area contributed by atoms with E-state index in [9.17, 15) is 0 Å². The Bertz CT molecular complexity index is 240. The van der Waals surface area contributed by atoms with Crippen LogP contribution in [0.2, 0.25) is 0 Å². The van der Waals surface area contributed by atoms with E-state index < -0.39 is 0 Å². The van der Waals surface area contributed by atoms with Gasteiger partial charge in [-0.1, -0.05) is 24.1 Å². The summed E-state index contributed by atoms with van der Waals surface area (Å²) in [6, 6.07) is 10.2. The highest BCUT2D eigenvalue weighted by molar-refractivity contribution is 5.21. The molecule has 1 nitrogen and oxygen atoms in total. The molecular weight excluding hydrogens is 124 g/mol. The second-order valence-electron chi connectivity index (χ2n) is 1.68. The fourth-order valence-electron chi connectivity index (χ4n) is 0.546. The van der Waals surface area contributed by atoms with Crippen LogP contribution in [0.15, 0.2) is 24.3 Å². The van der Waals surface area contributed by atoms with E-state index in [0.717, 1.165) is 0 Å². The maximum atomic E-state index is 4.94. The fourth-order valence-corrected chi connectivity index (χ4v) is 0.546. The van der Waals surface area contributed by atoms with Crippen LogP contribution >= 0.6 is 0 Å². The van der Waals surface area contributed by atoms with Crippen LogP contribution in [0.4, 0.5) is 0 Å². The van der Waals surface area contributed by atoms with Gasteiger partial charge in [-0.2, -0.15) is 0 Å². The van der Waals surface area contributed by atoms with Gasteiger partial charge in [0.2, 0.25) is 0 Å². The third-order valence-corrected chi connectivity index (χ3v) is 0.944. The van der Waals surface area contributed by atoms with E-state index in [1.807, 2.05) is 18.2 Å². The number of benzene rings is 1. The zero-order valence-electron chi connectivity index (χ0n) is 5.72. The number of ether oxygens (including phenoxy) is 1. The summed E-state index contributed by atoms with van der Waals surface area (Å²) in [6.45, 7) is 1.73. The van der Waals surface area contributed by atoms with Gasteiger partial charge in [0.15, 0.2) is 0 Å². The number of para-hydroxylation sites is 1. The topological polar surface area (TPSA) is 9.23 Å². The SMILES string of the molecule is CC#COc1[c]cccc1. The summed E-state index contributed by atoms with van der Waals surface area (Å²) < 4.78 is 4.94. The molecule has 0 amide bonds. The van der Waals surface area contributed by atoms with Crippen molar-refractivity contribution in [3.8, 4) is 17.8 Å². The number of hydrogen-bond donors (Lipinski definition) is 0. The van der Waals surface area contributed by atoms with Crippen LogP contribution in [0.5, 0.6) is 5.75 Å². The van der Waals surface area contributed by atoms with Crippen LogP contribution in [0.3, 0.4) is 0 Å². The molecule has 0 aromatic heterocycles. The van der Waals surface area contributed by atoms with E-state index in [4.69, 9.17) is 4.74 Å². The van der Waals surface area contributed by atoms with E-state index in [0.29, 0.717) is 5.75 Å². The molecule has 1 rings (SSSR count). The Morgan fingerprint density at radius 1 is 1.50 bits per heavy atom. The van der Waals surface area contributed by atoms with Gasteiger partial charge >= 0.3 is 0 Å². The molecule has 0 aliphatic rings. The van der Waals surface area contributed by atoms with E-state index in [2.05, 4.69) is 18.1 Å². The molecule has 0 N–H and O–H groups in total. The smallest absolute Gasteiger partial charge is 0.148 e. The Labute approximate surface area is 60.6 Å². The highest BCUT2D eigenvalue weighted by Crippen LogP contribution is 2.05. The van der Waals surface area contributed by atoms with Crippen molar-refractivity contribution in [3.63, 3.8) is 0 Å². The van der Waals surface area contributed by atoms with Crippen LogP contribution in [-0.4, -0.2) is 0 Å². The Hall–Kier alpha value is -1.42. The van der Waals surface area contributed by atoms with Crippen molar-refractivity contribution in [1.82, 2.24) is 0 Å². The van der Waals surface area contributed by atoms with Crippen LogP contribution in [0, 0.1) is 18.1 Å². The molecular formula is C9H7O. The van der Waals surface area contributed by atoms with Gasteiger partial charge in [0, 0.05) is 13.0 Å². The van der Waals surface area contributed by atoms with Crippen LogP contribution in [-0.2, 0) is 0 Å². The third-order valence-electron chi connectivity index (χ3n) is 0.944. The highest BCUT2D eigenvalue weighted by atomic mass is 16.5. The normalized spacial score (nSPS) is 7.70. The van der Waals surface area contributed by atoms with Gasteiger partial charge in [0.1, 0.15) is 11.9 Å². The summed E-state index contributed by atoms with van der Waals surface area (Å²) in [7, 11) is 0. The molecule has 1 heteroatoms. The molecule has 49 valence electrons. The lowest BCUT2D eigenvalue weighted by atomic mass is 10.3. The number of hydrogen-bond acceptors (Lipinski definition) is 1. The van der Waals surface area contributed by atoms with Crippen molar-refractivity contribution in [2.45, 2.75) is 6.92 Å². The van der Waals surface area contributed by atoms with Gasteiger partial charge < -0.3 is 4.74 Å². The lowest BCUT2D eigenvalue weighted by molar-refractivity contribution is 0.518. The largest absolute Gasteiger partial charge is 0.407 e. The molecule has 0 unspecified atom stereocenters. The van der Waals surface area contributed by atoms with Crippen molar-refractivity contribution in [2.75, 3.05) is 0 Å². The monoisotopic (exact) mass is 131 g/mol. The first kappa shape index (κ1) is 6.70. The third kappa shape index (κ3) is 1.83. The van der Waals surface area contributed by atoms with E-state index >= 15 is 0 Å². The molecule has 0 fully saturated rings. The maximum Gasteiger partial charge on any atom is 0.148 e. The lowest BCUT2D eigenvalue weighted by Crippen LogP contribution is -1.79. The summed E-state index contributed by atoms with van der Waals surface area (Å²) in [5, 5.41) is 0. The molecule has 0 bridgehead atoms. The first-order valence-electron chi connectivity index (χ1n) is 2.99. The van der Waals surface area contributed by atoms with Gasteiger partial charge in [-0.3, -0.25) is 0 Å². The standard InChI is InChI=1S/C9H7O/c1-2-8-10-9-6-4-3-5-7-9/h3-6H,1H3. The first-order chi connectivity index (χ1) is 4.93. The van der Waals surface area contributed by atoms with Crippen molar-refractivity contribution in [2.24, 2.45) is 0 Å². The summed E-state index contributed by atoms with van der Waals surface area (Å²) in [6.07, 6.45) is 2.48. The molecule has 0 aliphatic heterocycles. The Kier molecular flexibility index (Phi) is 2.39. The van der Waals surface area contributed by atoms with Crippen molar-refractivity contribution < 1.29 is 4.74 Å².